The van der Waals surface area contributed by atoms with E-state index in [0.29, 0.717) is 5.75 Å². The van der Waals surface area contributed by atoms with Crippen LogP contribution >= 0.6 is 0 Å². The molecule has 2 N–H and O–H groups in total. The van der Waals surface area contributed by atoms with Gasteiger partial charge in [-0.25, -0.2) is 0 Å². The van der Waals surface area contributed by atoms with E-state index in [1.807, 2.05) is 39.8 Å². The second-order valence-electron chi connectivity index (χ2n) is 4.77. The van der Waals surface area contributed by atoms with Gasteiger partial charge in [-0.1, -0.05) is 12.1 Å². The second-order valence-corrected chi connectivity index (χ2v) is 4.77. The first-order chi connectivity index (χ1) is 8.43. The predicted octanol–water partition coefficient (Wildman–Crippen LogP) is 4.00. The molecule has 0 aliphatic heterocycles. The Morgan fingerprint density at radius 1 is 0.667 bits per heavy atom. The topological polar surface area (TPSA) is 40.5 Å². The lowest BCUT2D eigenvalue weighted by Gasteiger charge is -2.17. The predicted molar refractivity (Wildman–Crippen MR) is 74.2 cm³/mol. The molecule has 0 bridgehead atoms. The van der Waals surface area contributed by atoms with E-state index in [1.165, 1.54) is 0 Å². The minimum atomic E-state index is 0.265. The van der Waals surface area contributed by atoms with Crippen LogP contribution in [0.5, 0.6) is 11.5 Å². The molecule has 0 saturated carbocycles. The van der Waals surface area contributed by atoms with E-state index < -0.39 is 0 Å². The Kier molecular flexibility index (Phi) is 3.04. The summed E-state index contributed by atoms with van der Waals surface area (Å²) in [5.41, 5.74) is 6.21. The van der Waals surface area contributed by atoms with E-state index in [0.717, 1.165) is 33.4 Å². The highest BCUT2D eigenvalue weighted by Gasteiger charge is 2.15. The number of hydrogen-bond acceptors (Lipinski definition) is 2. The molecular weight excluding hydrogens is 224 g/mol. The SMILES string of the molecule is Cc1c(C)c(-c2ccc(O)cc2)c(C)c(C)c1O. The molecule has 0 aromatic heterocycles. The lowest BCUT2D eigenvalue weighted by atomic mass is 9.89. The summed E-state index contributed by atoms with van der Waals surface area (Å²) in [6, 6.07) is 7.18. The third-order valence-corrected chi connectivity index (χ3v) is 3.74. The van der Waals surface area contributed by atoms with Crippen LogP contribution in [0, 0.1) is 27.7 Å². The molecule has 0 spiro atoms. The van der Waals surface area contributed by atoms with Crippen LogP contribution in [-0.4, -0.2) is 10.2 Å². The van der Waals surface area contributed by atoms with Crippen molar-refractivity contribution in [1.82, 2.24) is 0 Å². The van der Waals surface area contributed by atoms with Gasteiger partial charge in [0, 0.05) is 0 Å². The van der Waals surface area contributed by atoms with Crippen molar-refractivity contribution >= 4 is 0 Å². The number of benzene rings is 2. The van der Waals surface area contributed by atoms with Crippen molar-refractivity contribution < 1.29 is 10.2 Å². The maximum absolute atomic E-state index is 10.0. The van der Waals surface area contributed by atoms with Crippen LogP contribution in [0.1, 0.15) is 22.3 Å². The molecule has 0 fully saturated rings. The summed E-state index contributed by atoms with van der Waals surface area (Å²) in [5, 5.41) is 19.4. The molecule has 0 heterocycles. The van der Waals surface area contributed by atoms with Crippen molar-refractivity contribution in [1.29, 1.82) is 0 Å². The third kappa shape index (κ3) is 1.84. The molecule has 2 aromatic rings. The van der Waals surface area contributed by atoms with E-state index in [2.05, 4.69) is 0 Å². The number of phenolic OH excluding ortho intramolecular Hbond substituents is 2. The van der Waals surface area contributed by atoms with Gasteiger partial charge in [0.05, 0.1) is 0 Å². The lowest BCUT2D eigenvalue weighted by Crippen LogP contribution is -1.96. The molecule has 0 unspecified atom stereocenters. The van der Waals surface area contributed by atoms with Crippen LogP contribution in [0.3, 0.4) is 0 Å². The Labute approximate surface area is 108 Å². The Bertz CT molecular complexity index is 566. The molecule has 2 heteroatoms. The quantitative estimate of drug-likeness (QED) is 0.793. The molecule has 0 aliphatic rings. The zero-order valence-corrected chi connectivity index (χ0v) is 11.2. The molecule has 2 aromatic carbocycles. The molecule has 94 valence electrons. The summed E-state index contributed by atoms with van der Waals surface area (Å²) in [5.74, 6) is 0.647. The highest BCUT2D eigenvalue weighted by Crippen LogP contribution is 2.37. The molecule has 0 amide bonds. The number of rotatable bonds is 1. The van der Waals surface area contributed by atoms with Gasteiger partial charge in [0.2, 0.25) is 0 Å². The summed E-state index contributed by atoms with van der Waals surface area (Å²) in [4.78, 5) is 0. The average molecular weight is 242 g/mol. The van der Waals surface area contributed by atoms with E-state index in [-0.39, 0.29) is 5.75 Å². The van der Waals surface area contributed by atoms with Crippen molar-refractivity contribution in [3.63, 3.8) is 0 Å². The van der Waals surface area contributed by atoms with Crippen molar-refractivity contribution in [2.75, 3.05) is 0 Å². The van der Waals surface area contributed by atoms with Crippen molar-refractivity contribution in [3.05, 3.63) is 46.5 Å². The first-order valence-corrected chi connectivity index (χ1v) is 6.02. The van der Waals surface area contributed by atoms with Gasteiger partial charge in [-0.2, -0.15) is 0 Å². The van der Waals surface area contributed by atoms with Crippen LogP contribution in [0.25, 0.3) is 11.1 Å². The van der Waals surface area contributed by atoms with Gasteiger partial charge in [-0.05, 0) is 73.2 Å². The fraction of sp³-hybridized carbons (Fsp3) is 0.250. The maximum Gasteiger partial charge on any atom is 0.121 e. The molecular formula is C16H18O2. The fourth-order valence-corrected chi connectivity index (χ4v) is 2.35. The van der Waals surface area contributed by atoms with Crippen LogP contribution < -0.4 is 0 Å². The van der Waals surface area contributed by atoms with Gasteiger partial charge >= 0.3 is 0 Å². The average Bonchev–Trinajstić information content (AvgIpc) is 2.36. The van der Waals surface area contributed by atoms with Gasteiger partial charge in [0.15, 0.2) is 0 Å². The van der Waals surface area contributed by atoms with Gasteiger partial charge in [0.1, 0.15) is 11.5 Å². The first-order valence-electron chi connectivity index (χ1n) is 6.02. The van der Waals surface area contributed by atoms with Crippen LogP contribution in [0.15, 0.2) is 24.3 Å². The Morgan fingerprint density at radius 2 is 1.11 bits per heavy atom. The highest BCUT2D eigenvalue weighted by molar-refractivity contribution is 5.75. The smallest absolute Gasteiger partial charge is 0.121 e. The summed E-state index contributed by atoms with van der Waals surface area (Å²) < 4.78 is 0. The van der Waals surface area contributed by atoms with Gasteiger partial charge < -0.3 is 10.2 Å². The van der Waals surface area contributed by atoms with Crippen molar-refractivity contribution in [2.24, 2.45) is 0 Å². The summed E-state index contributed by atoms with van der Waals surface area (Å²) >= 11 is 0. The minimum Gasteiger partial charge on any atom is -0.508 e. The monoisotopic (exact) mass is 242 g/mol. The summed E-state index contributed by atoms with van der Waals surface area (Å²) in [6.07, 6.45) is 0. The summed E-state index contributed by atoms with van der Waals surface area (Å²) in [6.45, 7) is 7.90. The zero-order chi connectivity index (χ0) is 13.4. The van der Waals surface area contributed by atoms with E-state index in [4.69, 9.17) is 0 Å². The normalized spacial score (nSPS) is 10.7. The van der Waals surface area contributed by atoms with Gasteiger partial charge in [0.25, 0.3) is 0 Å². The molecule has 0 saturated heterocycles. The Morgan fingerprint density at radius 3 is 1.56 bits per heavy atom. The standard InChI is InChI=1S/C16H18O2/c1-9-11(3)16(18)12(4)10(2)15(9)13-5-7-14(17)8-6-13/h5-8,17-18H,1-4H3. The second kappa shape index (κ2) is 4.37. The molecule has 0 atom stereocenters. The third-order valence-electron chi connectivity index (χ3n) is 3.74. The van der Waals surface area contributed by atoms with Crippen molar-refractivity contribution in [3.8, 4) is 22.6 Å². The summed E-state index contributed by atoms with van der Waals surface area (Å²) in [7, 11) is 0. The van der Waals surface area contributed by atoms with Crippen LogP contribution in [0.2, 0.25) is 0 Å². The molecule has 0 aliphatic carbocycles. The number of phenols is 2. The van der Waals surface area contributed by atoms with Crippen molar-refractivity contribution in [2.45, 2.75) is 27.7 Å². The molecule has 0 radical (unpaired) electrons. The zero-order valence-electron chi connectivity index (χ0n) is 11.2. The molecule has 2 rings (SSSR count). The minimum absolute atomic E-state index is 0.265. The lowest BCUT2D eigenvalue weighted by molar-refractivity contribution is 0.465. The van der Waals surface area contributed by atoms with E-state index in [1.54, 1.807) is 12.1 Å². The van der Waals surface area contributed by atoms with Gasteiger partial charge in [-0.15, -0.1) is 0 Å². The highest BCUT2D eigenvalue weighted by atomic mass is 16.3. The number of hydrogen-bond donors (Lipinski definition) is 2. The molecule has 18 heavy (non-hydrogen) atoms. The Hall–Kier alpha value is -1.96. The maximum atomic E-state index is 10.0. The Balaban J connectivity index is 2.75. The first kappa shape index (κ1) is 12.5. The molecule has 2 nitrogen and oxygen atoms in total. The fourth-order valence-electron chi connectivity index (χ4n) is 2.35. The van der Waals surface area contributed by atoms with Gasteiger partial charge in [-0.3, -0.25) is 0 Å². The van der Waals surface area contributed by atoms with Crippen LogP contribution in [0.4, 0.5) is 0 Å². The van der Waals surface area contributed by atoms with E-state index >= 15 is 0 Å². The van der Waals surface area contributed by atoms with E-state index in [9.17, 15) is 10.2 Å². The number of aromatic hydroxyl groups is 2. The van der Waals surface area contributed by atoms with Crippen LogP contribution in [-0.2, 0) is 0 Å². The largest absolute Gasteiger partial charge is 0.508 e.